The summed E-state index contributed by atoms with van der Waals surface area (Å²) in [5.41, 5.74) is 0.474. The van der Waals surface area contributed by atoms with Crippen LogP contribution in [-0.4, -0.2) is 29.1 Å². The lowest BCUT2D eigenvalue weighted by Crippen LogP contribution is -2.43. The first-order valence-electron chi connectivity index (χ1n) is 6.86. The van der Waals surface area contributed by atoms with E-state index in [1.807, 2.05) is 6.92 Å². The molecule has 1 saturated heterocycles. The topological polar surface area (TPSA) is 40.5 Å². The van der Waals surface area contributed by atoms with Gasteiger partial charge in [0.05, 0.1) is 5.41 Å². The van der Waals surface area contributed by atoms with Crippen molar-refractivity contribution in [2.24, 2.45) is 5.41 Å². The number of aliphatic carboxylic acids is 1. The van der Waals surface area contributed by atoms with Crippen LogP contribution in [0.4, 0.5) is 4.39 Å². The maximum atomic E-state index is 13.1. The molecule has 0 spiro atoms. The van der Waals surface area contributed by atoms with Crippen LogP contribution in [0, 0.1) is 11.2 Å². The Hall–Kier alpha value is -0.940. The molecule has 1 fully saturated rings. The quantitative estimate of drug-likeness (QED) is 0.906. The van der Waals surface area contributed by atoms with Gasteiger partial charge in [0.25, 0.3) is 0 Å². The Kier molecular flexibility index (Phi) is 4.81. The number of hydrogen-bond donors (Lipinski definition) is 1. The number of nitrogens with zero attached hydrogens (tertiary/aromatic N) is 1. The monoisotopic (exact) mass is 343 g/mol. The van der Waals surface area contributed by atoms with Crippen LogP contribution in [0.3, 0.4) is 0 Å². The van der Waals surface area contributed by atoms with Crippen LogP contribution in [0.1, 0.15) is 31.7 Å². The second kappa shape index (κ2) is 6.22. The fourth-order valence-electron chi connectivity index (χ4n) is 2.75. The van der Waals surface area contributed by atoms with Crippen molar-refractivity contribution in [3.63, 3.8) is 0 Å². The molecular formula is C15H19BrFNO2. The van der Waals surface area contributed by atoms with Gasteiger partial charge in [-0.15, -0.1) is 0 Å². The van der Waals surface area contributed by atoms with Crippen molar-refractivity contribution in [3.8, 4) is 0 Å². The third-order valence-electron chi connectivity index (χ3n) is 4.35. The Bertz CT molecular complexity index is 499. The first kappa shape index (κ1) is 15.4. The van der Waals surface area contributed by atoms with Crippen molar-refractivity contribution in [2.75, 3.05) is 13.1 Å². The maximum Gasteiger partial charge on any atom is 0.309 e. The first-order valence-corrected chi connectivity index (χ1v) is 7.66. The summed E-state index contributed by atoms with van der Waals surface area (Å²) in [5, 5.41) is 9.37. The fourth-order valence-corrected chi connectivity index (χ4v) is 3.22. The Balaban J connectivity index is 1.99. The lowest BCUT2D eigenvalue weighted by Gasteiger charge is -2.38. The Morgan fingerprint density at radius 2 is 2.10 bits per heavy atom. The van der Waals surface area contributed by atoms with Gasteiger partial charge in [-0.1, -0.05) is 28.9 Å². The number of likely N-dealkylation sites (tertiary alicyclic amines) is 1. The molecule has 5 heteroatoms. The van der Waals surface area contributed by atoms with Crippen LogP contribution in [0.5, 0.6) is 0 Å². The molecule has 1 aromatic carbocycles. The minimum atomic E-state index is -0.678. The summed E-state index contributed by atoms with van der Waals surface area (Å²) in [5.74, 6) is -0.933. The zero-order chi connectivity index (χ0) is 14.8. The molecule has 0 atom stereocenters. The standard InChI is InChI=1S/C15H19BrFNO2/c1-2-15(14(19)20)5-7-18(8-6-15)10-11-3-4-12(17)9-13(11)16/h3-4,9H,2,5-8,10H2,1H3,(H,19,20). The molecule has 1 aliphatic rings. The summed E-state index contributed by atoms with van der Waals surface area (Å²) in [7, 11) is 0. The molecule has 1 N–H and O–H groups in total. The highest BCUT2D eigenvalue weighted by Crippen LogP contribution is 2.35. The lowest BCUT2D eigenvalue weighted by atomic mass is 9.76. The van der Waals surface area contributed by atoms with Crippen LogP contribution in [0.25, 0.3) is 0 Å². The molecule has 0 unspecified atom stereocenters. The van der Waals surface area contributed by atoms with Gasteiger partial charge in [0.1, 0.15) is 5.82 Å². The van der Waals surface area contributed by atoms with E-state index < -0.39 is 11.4 Å². The zero-order valence-electron chi connectivity index (χ0n) is 11.5. The van der Waals surface area contributed by atoms with Crippen molar-refractivity contribution in [1.82, 2.24) is 4.90 Å². The Labute approximate surface area is 126 Å². The number of carboxylic acids is 1. The number of rotatable bonds is 4. The normalized spacial score (nSPS) is 18.9. The summed E-state index contributed by atoms with van der Waals surface area (Å²) in [6.07, 6.45) is 2.03. The highest BCUT2D eigenvalue weighted by Gasteiger charge is 2.39. The second-order valence-corrected chi connectivity index (χ2v) is 6.31. The van der Waals surface area contributed by atoms with Crippen molar-refractivity contribution < 1.29 is 14.3 Å². The van der Waals surface area contributed by atoms with Gasteiger partial charge < -0.3 is 5.11 Å². The van der Waals surface area contributed by atoms with Crippen molar-refractivity contribution in [3.05, 3.63) is 34.1 Å². The minimum Gasteiger partial charge on any atom is -0.481 e. The smallest absolute Gasteiger partial charge is 0.309 e. The number of piperidine rings is 1. The van der Waals surface area contributed by atoms with E-state index in [0.29, 0.717) is 19.3 Å². The molecule has 0 amide bonds. The number of carboxylic acid groups (broad SMARTS) is 1. The van der Waals surface area contributed by atoms with E-state index in [1.54, 1.807) is 6.07 Å². The SMILES string of the molecule is CCC1(C(=O)O)CCN(Cc2ccc(F)cc2Br)CC1. The van der Waals surface area contributed by atoms with Gasteiger partial charge in [-0.2, -0.15) is 0 Å². The van der Waals surface area contributed by atoms with Crippen LogP contribution in [0.2, 0.25) is 0 Å². The lowest BCUT2D eigenvalue weighted by molar-refractivity contribution is -0.152. The van der Waals surface area contributed by atoms with Crippen molar-refractivity contribution in [1.29, 1.82) is 0 Å². The minimum absolute atomic E-state index is 0.254. The largest absolute Gasteiger partial charge is 0.481 e. The fraction of sp³-hybridized carbons (Fsp3) is 0.533. The molecule has 110 valence electrons. The summed E-state index contributed by atoms with van der Waals surface area (Å²) in [4.78, 5) is 13.6. The molecule has 0 aliphatic carbocycles. The molecule has 1 heterocycles. The molecule has 2 rings (SSSR count). The van der Waals surface area contributed by atoms with E-state index in [1.165, 1.54) is 12.1 Å². The maximum absolute atomic E-state index is 13.1. The van der Waals surface area contributed by atoms with Gasteiger partial charge in [-0.05, 0) is 50.0 Å². The predicted molar refractivity (Wildman–Crippen MR) is 79.0 cm³/mol. The number of halogens is 2. The summed E-state index contributed by atoms with van der Waals surface area (Å²) < 4.78 is 13.8. The second-order valence-electron chi connectivity index (χ2n) is 5.45. The van der Waals surface area contributed by atoms with E-state index >= 15 is 0 Å². The number of hydrogen-bond acceptors (Lipinski definition) is 2. The summed E-state index contributed by atoms with van der Waals surface area (Å²) >= 11 is 3.37. The van der Waals surface area contributed by atoms with E-state index in [4.69, 9.17) is 0 Å². The first-order chi connectivity index (χ1) is 9.47. The molecule has 0 aromatic heterocycles. The number of carbonyl (C=O) groups is 1. The summed E-state index contributed by atoms with van der Waals surface area (Å²) in [6, 6.07) is 4.70. The zero-order valence-corrected chi connectivity index (χ0v) is 13.1. The molecule has 1 aliphatic heterocycles. The Morgan fingerprint density at radius 3 is 2.60 bits per heavy atom. The molecule has 0 radical (unpaired) electrons. The van der Waals surface area contributed by atoms with E-state index in [9.17, 15) is 14.3 Å². The predicted octanol–water partition coefficient (Wildman–Crippen LogP) is 3.67. The highest BCUT2D eigenvalue weighted by atomic mass is 79.9. The van der Waals surface area contributed by atoms with Gasteiger partial charge in [0, 0.05) is 11.0 Å². The van der Waals surface area contributed by atoms with Crippen LogP contribution >= 0.6 is 15.9 Å². The Morgan fingerprint density at radius 1 is 1.45 bits per heavy atom. The molecule has 0 saturated carbocycles. The molecule has 20 heavy (non-hydrogen) atoms. The number of benzene rings is 1. The molecule has 0 bridgehead atoms. The molecule has 3 nitrogen and oxygen atoms in total. The highest BCUT2D eigenvalue weighted by molar-refractivity contribution is 9.10. The van der Waals surface area contributed by atoms with Crippen LogP contribution in [0.15, 0.2) is 22.7 Å². The van der Waals surface area contributed by atoms with E-state index in [2.05, 4.69) is 20.8 Å². The van der Waals surface area contributed by atoms with Gasteiger partial charge in [-0.25, -0.2) is 4.39 Å². The van der Waals surface area contributed by atoms with E-state index in [-0.39, 0.29) is 5.82 Å². The van der Waals surface area contributed by atoms with Gasteiger partial charge in [0.2, 0.25) is 0 Å². The van der Waals surface area contributed by atoms with Crippen molar-refractivity contribution >= 4 is 21.9 Å². The van der Waals surface area contributed by atoms with Crippen molar-refractivity contribution in [2.45, 2.75) is 32.7 Å². The van der Waals surface area contributed by atoms with E-state index in [0.717, 1.165) is 29.7 Å². The van der Waals surface area contributed by atoms with Crippen LogP contribution in [-0.2, 0) is 11.3 Å². The molecule has 1 aromatic rings. The average molecular weight is 344 g/mol. The molecular weight excluding hydrogens is 325 g/mol. The third-order valence-corrected chi connectivity index (χ3v) is 5.09. The summed E-state index contributed by atoms with van der Waals surface area (Å²) in [6.45, 7) is 4.20. The van der Waals surface area contributed by atoms with Gasteiger partial charge in [0.15, 0.2) is 0 Å². The van der Waals surface area contributed by atoms with Gasteiger partial charge in [-0.3, -0.25) is 9.69 Å². The van der Waals surface area contributed by atoms with Crippen LogP contribution < -0.4 is 0 Å². The van der Waals surface area contributed by atoms with Gasteiger partial charge >= 0.3 is 5.97 Å². The average Bonchev–Trinajstić information content (AvgIpc) is 2.42. The third kappa shape index (κ3) is 3.20.